The van der Waals surface area contributed by atoms with Crippen LogP contribution >= 0.6 is 11.5 Å². The molecule has 0 aliphatic carbocycles. The molecule has 11 heteroatoms. The Bertz CT molecular complexity index is 726. The second-order valence-corrected chi connectivity index (χ2v) is 6.77. The standard InChI is InChI=1S/C10H9F3N4O2S2/c1-21(18,19)7-3-2-6(4-14-7)5-15-9-16-8(17-20-9)10(11,12)13/h2-4H,5H2,1H3,(H,15,16,17). The number of anilines is 1. The highest BCUT2D eigenvalue weighted by atomic mass is 32.2. The minimum Gasteiger partial charge on any atom is -0.356 e. The molecular weight excluding hydrogens is 329 g/mol. The average molecular weight is 338 g/mol. The molecule has 0 spiro atoms. The van der Waals surface area contributed by atoms with Crippen molar-refractivity contribution in [2.75, 3.05) is 11.6 Å². The number of rotatable bonds is 4. The minimum atomic E-state index is -4.57. The summed E-state index contributed by atoms with van der Waals surface area (Å²) in [5, 5.41) is 2.62. The maximum absolute atomic E-state index is 12.3. The summed E-state index contributed by atoms with van der Waals surface area (Å²) in [6.45, 7) is 0.156. The van der Waals surface area contributed by atoms with E-state index in [0.717, 1.165) is 6.26 Å². The lowest BCUT2D eigenvalue weighted by molar-refractivity contribution is -0.144. The van der Waals surface area contributed by atoms with Crippen LogP contribution in [0.3, 0.4) is 0 Å². The van der Waals surface area contributed by atoms with E-state index in [1.807, 2.05) is 0 Å². The zero-order valence-corrected chi connectivity index (χ0v) is 12.2. The molecule has 0 bridgehead atoms. The number of hydrogen-bond donors (Lipinski definition) is 1. The molecule has 2 heterocycles. The summed E-state index contributed by atoms with van der Waals surface area (Å²) in [5.74, 6) is -1.19. The number of nitrogens with zero attached hydrogens (tertiary/aromatic N) is 3. The van der Waals surface area contributed by atoms with E-state index in [1.54, 1.807) is 0 Å². The smallest absolute Gasteiger partial charge is 0.356 e. The monoisotopic (exact) mass is 338 g/mol. The van der Waals surface area contributed by atoms with Crippen molar-refractivity contribution < 1.29 is 21.6 Å². The van der Waals surface area contributed by atoms with E-state index in [0.29, 0.717) is 17.1 Å². The molecule has 6 nitrogen and oxygen atoms in total. The fourth-order valence-corrected chi connectivity index (χ4v) is 2.46. The molecule has 1 N–H and O–H groups in total. The lowest BCUT2D eigenvalue weighted by Gasteiger charge is -2.03. The normalized spacial score (nSPS) is 12.4. The van der Waals surface area contributed by atoms with E-state index in [2.05, 4.69) is 19.7 Å². The second-order valence-electron chi connectivity index (χ2n) is 4.05. The predicted molar refractivity (Wildman–Crippen MR) is 69.6 cm³/mol. The number of pyridine rings is 1. The third-order valence-corrected chi connectivity index (χ3v) is 3.97. The molecule has 0 aliphatic heterocycles. The molecule has 2 aromatic heterocycles. The first-order chi connectivity index (χ1) is 9.66. The van der Waals surface area contributed by atoms with Gasteiger partial charge in [-0.1, -0.05) is 6.07 Å². The van der Waals surface area contributed by atoms with Gasteiger partial charge in [0.2, 0.25) is 11.0 Å². The third kappa shape index (κ3) is 4.11. The van der Waals surface area contributed by atoms with Gasteiger partial charge in [-0.05, 0) is 11.6 Å². The van der Waals surface area contributed by atoms with Gasteiger partial charge >= 0.3 is 6.18 Å². The summed E-state index contributed by atoms with van der Waals surface area (Å²) in [7, 11) is -3.38. The second kappa shape index (κ2) is 5.56. The van der Waals surface area contributed by atoms with Gasteiger partial charge in [0.25, 0.3) is 0 Å². The fourth-order valence-electron chi connectivity index (χ4n) is 1.32. The Morgan fingerprint density at radius 3 is 2.52 bits per heavy atom. The van der Waals surface area contributed by atoms with Gasteiger partial charge in [0.15, 0.2) is 14.9 Å². The number of aromatic nitrogens is 3. The molecule has 0 atom stereocenters. The van der Waals surface area contributed by atoms with Crippen LogP contribution in [0.25, 0.3) is 0 Å². The highest BCUT2D eigenvalue weighted by Crippen LogP contribution is 2.29. The van der Waals surface area contributed by atoms with Crippen molar-refractivity contribution in [3.8, 4) is 0 Å². The number of halogens is 3. The first-order valence-electron chi connectivity index (χ1n) is 5.46. The van der Waals surface area contributed by atoms with E-state index >= 15 is 0 Å². The van der Waals surface area contributed by atoms with Crippen molar-refractivity contribution in [1.82, 2.24) is 14.3 Å². The lowest BCUT2D eigenvalue weighted by Crippen LogP contribution is -2.08. The fraction of sp³-hybridized carbons (Fsp3) is 0.300. The first kappa shape index (κ1) is 15.6. The maximum Gasteiger partial charge on any atom is 0.452 e. The Labute approximate surface area is 122 Å². The predicted octanol–water partition coefficient (Wildman–Crippen LogP) is 1.97. The van der Waals surface area contributed by atoms with Crippen molar-refractivity contribution in [2.45, 2.75) is 17.7 Å². The van der Waals surface area contributed by atoms with Gasteiger partial charge in [-0.3, -0.25) is 0 Å². The summed E-state index contributed by atoms with van der Waals surface area (Å²) >= 11 is 0.595. The van der Waals surface area contributed by atoms with Crippen molar-refractivity contribution in [3.63, 3.8) is 0 Å². The van der Waals surface area contributed by atoms with E-state index in [-0.39, 0.29) is 16.7 Å². The highest BCUT2D eigenvalue weighted by molar-refractivity contribution is 7.90. The Balaban J connectivity index is 2.02. The lowest BCUT2D eigenvalue weighted by atomic mass is 10.3. The summed E-state index contributed by atoms with van der Waals surface area (Å²) < 4.78 is 62.6. The molecule has 0 radical (unpaired) electrons. The van der Waals surface area contributed by atoms with E-state index in [9.17, 15) is 21.6 Å². The zero-order valence-electron chi connectivity index (χ0n) is 10.5. The van der Waals surface area contributed by atoms with Gasteiger partial charge in [0, 0.05) is 30.5 Å². The van der Waals surface area contributed by atoms with Crippen molar-refractivity contribution in [3.05, 3.63) is 29.7 Å². The largest absolute Gasteiger partial charge is 0.452 e. The molecule has 21 heavy (non-hydrogen) atoms. The minimum absolute atomic E-state index is 0.0227. The van der Waals surface area contributed by atoms with E-state index in [1.165, 1.54) is 18.3 Å². The molecule has 0 saturated carbocycles. The Morgan fingerprint density at radius 1 is 1.33 bits per heavy atom. The van der Waals surface area contributed by atoms with Crippen LogP contribution in [0.4, 0.5) is 18.3 Å². The van der Waals surface area contributed by atoms with Crippen LogP contribution in [0.5, 0.6) is 0 Å². The van der Waals surface area contributed by atoms with E-state index < -0.39 is 21.8 Å². The average Bonchev–Trinajstić information content (AvgIpc) is 2.84. The number of alkyl halides is 3. The van der Waals surface area contributed by atoms with Crippen molar-refractivity contribution >= 4 is 26.5 Å². The molecule has 2 rings (SSSR count). The highest BCUT2D eigenvalue weighted by Gasteiger charge is 2.36. The van der Waals surface area contributed by atoms with Crippen LogP contribution in [0.15, 0.2) is 23.4 Å². The molecular formula is C10H9F3N4O2S2. The molecule has 2 aromatic rings. The van der Waals surface area contributed by atoms with Crippen molar-refractivity contribution in [2.24, 2.45) is 0 Å². The third-order valence-electron chi connectivity index (χ3n) is 2.30. The van der Waals surface area contributed by atoms with Gasteiger partial charge in [-0.25, -0.2) is 13.4 Å². The van der Waals surface area contributed by atoms with Crippen molar-refractivity contribution in [1.29, 1.82) is 0 Å². The topological polar surface area (TPSA) is 84.8 Å². The molecule has 0 saturated heterocycles. The van der Waals surface area contributed by atoms with Gasteiger partial charge in [0.05, 0.1) is 0 Å². The summed E-state index contributed by atoms with van der Waals surface area (Å²) in [5.41, 5.74) is 0.603. The maximum atomic E-state index is 12.3. The van der Waals surface area contributed by atoms with Crippen LogP contribution in [0.1, 0.15) is 11.4 Å². The molecule has 0 amide bonds. The molecule has 0 aromatic carbocycles. The van der Waals surface area contributed by atoms with Crippen LogP contribution < -0.4 is 5.32 Å². The Morgan fingerprint density at radius 2 is 2.05 bits per heavy atom. The summed E-state index contributed by atoms with van der Waals surface area (Å²) in [6, 6.07) is 2.84. The SMILES string of the molecule is CS(=O)(=O)c1ccc(CNc2nc(C(F)(F)F)ns2)cn1. The van der Waals surface area contributed by atoms with Gasteiger partial charge in [-0.2, -0.15) is 22.5 Å². The van der Waals surface area contributed by atoms with Crippen LogP contribution in [0.2, 0.25) is 0 Å². The molecule has 0 fully saturated rings. The van der Waals surface area contributed by atoms with Crippen LogP contribution in [-0.4, -0.2) is 29.0 Å². The Kier molecular flexibility index (Phi) is 4.14. The van der Waals surface area contributed by atoms with E-state index in [4.69, 9.17) is 0 Å². The van der Waals surface area contributed by atoms with Crippen LogP contribution in [0, 0.1) is 0 Å². The van der Waals surface area contributed by atoms with Gasteiger partial charge in [0.1, 0.15) is 0 Å². The van der Waals surface area contributed by atoms with Crippen LogP contribution in [-0.2, 0) is 22.6 Å². The van der Waals surface area contributed by atoms with Gasteiger partial charge in [-0.15, -0.1) is 0 Å². The Hall–Kier alpha value is -1.75. The molecule has 114 valence electrons. The summed E-state index contributed by atoms with van der Waals surface area (Å²) in [4.78, 5) is 7.07. The number of sulfone groups is 1. The van der Waals surface area contributed by atoms with Gasteiger partial charge < -0.3 is 5.32 Å². The first-order valence-corrected chi connectivity index (χ1v) is 8.12. The number of nitrogens with one attached hydrogen (secondary N) is 1. The number of hydrogen-bond acceptors (Lipinski definition) is 7. The molecule has 0 aliphatic rings. The zero-order chi connectivity index (χ0) is 15.7. The summed E-state index contributed by atoms with van der Waals surface area (Å²) in [6.07, 6.45) is -2.21. The molecule has 0 unspecified atom stereocenters. The quantitative estimate of drug-likeness (QED) is 0.917.